The fraction of sp³-hybridized carbons (Fsp3) is 0.316. The average molecular weight is 730 g/mol. The molecule has 2 N–H and O–H groups in total. The van der Waals surface area contributed by atoms with Gasteiger partial charge in [-0.3, -0.25) is 14.5 Å². The number of rotatable bonds is 11. The van der Waals surface area contributed by atoms with E-state index in [-0.39, 0.29) is 54.0 Å². The fourth-order valence-electron chi connectivity index (χ4n) is 5.82. The third-order valence-corrected chi connectivity index (χ3v) is 8.67. The van der Waals surface area contributed by atoms with E-state index in [0.29, 0.717) is 18.7 Å². The van der Waals surface area contributed by atoms with Crippen molar-refractivity contribution < 1.29 is 50.5 Å². The highest BCUT2D eigenvalue weighted by Crippen LogP contribution is 2.36. The third-order valence-electron chi connectivity index (χ3n) is 8.67. The Labute approximate surface area is 296 Å². The average Bonchev–Trinajstić information content (AvgIpc) is 3.09. The Morgan fingerprint density at radius 1 is 1.00 bits per heavy atom. The van der Waals surface area contributed by atoms with E-state index in [9.17, 15) is 41.0 Å². The lowest BCUT2D eigenvalue weighted by Crippen LogP contribution is -2.49. The number of halogens is 6. The Morgan fingerprint density at radius 3 is 2.25 bits per heavy atom. The number of hydrogen-bond donors (Lipinski definition) is 2. The van der Waals surface area contributed by atoms with Gasteiger partial charge in [0.05, 0.1) is 35.9 Å². The molecule has 0 aromatic heterocycles. The Bertz CT molecular complexity index is 1860. The Kier molecular flexibility index (Phi) is 11.8. The van der Waals surface area contributed by atoms with Crippen LogP contribution in [0.25, 0.3) is 0 Å². The summed E-state index contributed by atoms with van der Waals surface area (Å²) in [5.41, 5.74) is 0.756. The van der Waals surface area contributed by atoms with Gasteiger partial charge in [0.2, 0.25) is 5.91 Å². The van der Waals surface area contributed by atoms with Crippen LogP contribution in [0.5, 0.6) is 17.2 Å². The molecule has 3 atom stereocenters. The van der Waals surface area contributed by atoms with Crippen molar-refractivity contribution in [2.75, 3.05) is 32.1 Å². The first-order valence-electron chi connectivity index (χ1n) is 16.4. The monoisotopic (exact) mass is 729 g/mol. The van der Waals surface area contributed by atoms with E-state index >= 15 is 0 Å². The lowest BCUT2D eigenvalue weighted by atomic mass is 9.98. The topological polar surface area (TPSA) is 91.3 Å². The number of aliphatic hydroxyl groups excluding tert-OH is 1. The van der Waals surface area contributed by atoms with Crippen LogP contribution in [0.3, 0.4) is 0 Å². The molecule has 4 aromatic carbocycles. The summed E-state index contributed by atoms with van der Waals surface area (Å²) in [6, 6.07) is 16.7. The number of ether oxygens (including phenoxy) is 2. The number of benzene rings is 4. The summed E-state index contributed by atoms with van der Waals surface area (Å²) in [6.07, 6.45) is -5.26. The maximum absolute atomic E-state index is 13.8. The molecule has 14 heteroatoms. The van der Waals surface area contributed by atoms with Gasteiger partial charge in [-0.25, -0.2) is 13.2 Å². The number of carbonyl (C=O) groups excluding carboxylic acids is 2. The second-order valence-electron chi connectivity index (χ2n) is 12.9. The molecular weight excluding hydrogens is 692 g/mol. The number of aliphatic hydroxyl groups is 1. The molecule has 0 radical (unpaired) electrons. The number of fused-ring (bicyclic) bond motifs is 1. The molecule has 2 amide bonds. The number of likely N-dealkylation sites (N-methyl/N-ethyl adjacent to an activating group) is 1. The smallest absolute Gasteiger partial charge is 0.416 e. The molecule has 1 aliphatic rings. The van der Waals surface area contributed by atoms with E-state index < -0.39 is 53.2 Å². The molecule has 8 nitrogen and oxygen atoms in total. The molecule has 5 rings (SSSR count). The number of para-hydroxylation sites is 1. The molecule has 276 valence electrons. The first-order chi connectivity index (χ1) is 24.6. The second-order valence-corrected chi connectivity index (χ2v) is 12.9. The van der Waals surface area contributed by atoms with Crippen molar-refractivity contribution >= 4 is 17.5 Å². The quantitative estimate of drug-likeness (QED) is 0.123. The predicted octanol–water partition coefficient (Wildman–Crippen LogP) is 7.45. The third kappa shape index (κ3) is 9.22. The van der Waals surface area contributed by atoms with E-state index in [2.05, 4.69) is 5.32 Å². The Hall–Kier alpha value is -5.08. The summed E-state index contributed by atoms with van der Waals surface area (Å²) in [5.74, 6) is -5.30. The summed E-state index contributed by atoms with van der Waals surface area (Å²) >= 11 is 0. The number of carbonyl (C=O) groups is 2. The van der Waals surface area contributed by atoms with Gasteiger partial charge in [0.25, 0.3) is 5.91 Å². The van der Waals surface area contributed by atoms with Crippen molar-refractivity contribution in [2.24, 2.45) is 5.92 Å². The summed E-state index contributed by atoms with van der Waals surface area (Å²) in [4.78, 5) is 30.5. The maximum Gasteiger partial charge on any atom is 0.416 e. The SMILES string of the molecule is C[C@@H]1CN([C@@H](C)CO)C(=O)c2cccc(NC(=O)Cc3ccc(C(F)(F)F)cc3)c2O[C@@H]1CN(C)Cc1ccc(Oc2cc(F)c(F)c(F)c2)cc1. The zero-order chi connectivity index (χ0) is 37.7. The minimum Gasteiger partial charge on any atom is -0.486 e. The summed E-state index contributed by atoms with van der Waals surface area (Å²) in [5, 5.41) is 12.7. The Morgan fingerprint density at radius 2 is 1.63 bits per heavy atom. The highest BCUT2D eigenvalue weighted by molar-refractivity contribution is 6.02. The molecule has 0 spiro atoms. The van der Waals surface area contributed by atoms with Crippen LogP contribution in [0.15, 0.2) is 78.9 Å². The fourth-order valence-corrected chi connectivity index (χ4v) is 5.82. The van der Waals surface area contributed by atoms with Crippen molar-refractivity contribution in [2.45, 2.75) is 45.1 Å². The number of hydrogen-bond acceptors (Lipinski definition) is 6. The predicted molar refractivity (Wildman–Crippen MR) is 181 cm³/mol. The molecule has 0 bridgehead atoms. The lowest BCUT2D eigenvalue weighted by molar-refractivity contribution is -0.137. The van der Waals surface area contributed by atoms with Gasteiger partial charge in [0, 0.05) is 37.7 Å². The van der Waals surface area contributed by atoms with Crippen LogP contribution in [0.1, 0.15) is 40.9 Å². The van der Waals surface area contributed by atoms with Crippen molar-refractivity contribution in [3.8, 4) is 17.2 Å². The van der Waals surface area contributed by atoms with Gasteiger partial charge in [-0.15, -0.1) is 0 Å². The minimum absolute atomic E-state index is 0.128. The number of alkyl halides is 3. The summed E-state index contributed by atoms with van der Waals surface area (Å²) in [7, 11) is 1.86. The molecule has 52 heavy (non-hydrogen) atoms. The van der Waals surface area contributed by atoms with Crippen LogP contribution in [0.4, 0.5) is 32.0 Å². The van der Waals surface area contributed by atoms with Crippen LogP contribution in [-0.2, 0) is 23.9 Å². The second kappa shape index (κ2) is 16.1. The van der Waals surface area contributed by atoms with E-state index in [1.165, 1.54) is 12.1 Å². The van der Waals surface area contributed by atoms with Crippen molar-refractivity contribution in [1.82, 2.24) is 9.80 Å². The van der Waals surface area contributed by atoms with Crippen LogP contribution in [0.2, 0.25) is 0 Å². The van der Waals surface area contributed by atoms with Crippen LogP contribution in [0, 0.1) is 23.4 Å². The standard InChI is InChI=1S/C38H37F6N3O5/c1-22-18-47(23(2)21-48)37(50)29-5-4-6-32(45-34(49)15-24-7-11-26(12-8-24)38(42,43)44)36(29)52-33(22)20-46(3)19-25-9-13-27(14-10-25)51-28-16-30(39)35(41)31(40)17-28/h4-14,16-17,22-23,33,48H,15,18-21H2,1-3H3,(H,45,49)/t22-,23+,33-/m1/s1. The number of amides is 2. The normalized spacial score (nSPS) is 16.8. The molecule has 0 saturated carbocycles. The summed E-state index contributed by atoms with van der Waals surface area (Å²) < 4.78 is 91.6. The largest absolute Gasteiger partial charge is 0.486 e. The first kappa shape index (κ1) is 38.2. The van der Waals surface area contributed by atoms with Gasteiger partial charge in [0.1, 0.15) is 17.6 Å². The first-order valence-corrected chi connectivity index (χ1v) is 16.4. The van der Waals surface area contributed by atoms with Gasteiger partial charge in [0.15, 0.2) is 23.2 Å². The molecule has 0 aliphatic carbocycles. The van der Waals surface area contributed by atoms with E-state index in [0.717, 1.165) is 29.8 Å². The van der Waals surface area contributed by atoms with Crippen molar-refractivity contribution in [1.29, 1.82) is 0 Å². The zero-order valence-electron chi connectivity index (χ0n) is 28.5. The van der Waals surface area contributed by atoms with Crippen molar-refractivity contribution in [3.63, 3.8) is 0 Å². The maximum atomic E-state index is 13.8. The number of anilines is 1. The van der Waals surface area contributed by atoms with Crippen LogP contribution in [-0.4, -0.2) is 65.6 Å². The highest BCUT2D eigenvalue weighted by Gasteiger charge is 2.35. The Balaban J connectivity index is 1.33. The number of nitrogens with zero attached hydrogens (tertiary/aromatic N) is 2. The molecule has 1 heterocycles. The van der Waals surface area contributed by atoms with Gasteiger partial charge < -0.3 is 24.8 Å². The number of nitrogens with one attached hydrogen (secondary N) is 1. The molecule has 4 aromatic rings. The summed E-state index contributed by atoms with van der Waals surface area (Å²) in [6.45, 7) is 4.40. The molecule has 0 fully saturated rings. The van der Waals surface area contributed by atoms with E-state index in [1.54, 1.807) is 54.3 Å². The molecule has 0 saturated heterocycles. The minimum atomic E-state index is -4.51. The molecular formula is C38H37F6N3O5. The zero-order valence-corrected chi connectivity index (χ0v) is 28.5. The molecule has 0 unspecified atom stereocenters. The van der Waals surface area contributed by atoms with Crippen molar-refractivity contribution in [3.05, 3.63) is 119 Å². The van der Waals surface area contributed by atoms with Gasteiger partial charge in [-0.05, 0) is 61.5 Å². The van der Waals surface area contributed by atoms with Crippen LogP contribution >= 0.6 is 0 Å². The highest BCUT2D eigenvalue weighted by atomic mass is 19.4. The van der Waals surface area contributed by atoms with Gasteiger partial charge in [-0.2, -0.15) is 13.2 Å². The van der Waals surface area contributed by atoms with E-state index in [4.69, 9.17) is 9.47 Å². The molecule has 1 aliphatic heterocycles. The lowest BCUT2D eigenvalue weighted by Gasteiger charge is -2.38. The van der Waals surface area contributed by atoms with Crippen LogP contribution < -0.4 is 14.8 Å². The van der Waals surface area contributed by atoms with Gasteiger partial charge >= 0.3 is 6.18 Å². The van der Waals surface area contributed by atoms with Gasteiger partial charge in [-0.1, -0.05) is 37.3 Å². The van der Waals surface area contributed by atoms with E-state index in [1.807, 2.05) is 18.9 Å².